The van der Waals surface area contributed by atoms with E-state index >= 15 is 0 Å². The average molecular weight is 332 g/mol. The van der Waals surface area contributed by atoms with E-state index in [4.69, 9.17) is 4.74 Å². The lowest BCUT2D eigenvalue weighted by Crippen LogP contribution is -2.40. The van der Waals surface area contributed by atoms with Gasteiger partial charge < -0.3 is 14.5 Å². The molecule has 0 bridgehead atoms. The SMILES string of the molecule is O=C(CCN(C[C@H]1CCCO1)C(=O)c1cnccn1)N1CCCC1. The first-order valence-corrected chi connectivity index (χ1v) is 8.69. The number of amides is 2. The molecule has 3 heterocycles. The molecule has 2 fully saturated rings. The van der Waals surface area contributed by atoms with Gasteiger partial charge in [-0.25, -0.2) is 4.98 Å². The van der Waals surface area contributed by atoms with E-state index in [1.54, 1.807) is 4.90 Å². The summed E-state index contributed by atoms with van der Waals surface area (Å²) in [6.07, 6.45) is 9.02. The van der Waals surface area contributed by atoms with Crippen LogP contribution in [0.1, 0.15) is 42.6 Å². The van der Waals surface area contributed by atoms with Crippen molar-refractivity contribution in [2.75, 3.05) is 32.8 Å². The normalized spacial score (nSPS) is 20.3. The summed E-state index contributed by atoms with van der Waals surface area (Å²) in [4.78, 5) is 36.6. The maximum absolute atomic E-state index is 12.7. The molecular weight excluding hydrogens is 308 g/mol. The number of carbonyl (C=O) groups excluding carboxylic acids is 2. The first-order chi connectivity index (χ1) is 11.7. The molecule has 0 aliphatic carbocycles. The molecule has 0 saturated carbocycles. The van der Waals surface area contributed by atoms with Crippen LogP contribution in [0.15, 0.2) is 18.6 Å². The summed E-state index contributed by atoms with van der Waals surface area (Å²) < 4.78 is 5.65. The Labute approximate surface area is 142 Å². The fourth-order valence-electron chi connectivity index (χ4n) is 3.24. The van der Waals surface area contributed by atoms with Crippen molar-refractivity contribution in [3.8, 4) is 0 Å². The predicted molar refractivity (Wildman–Crippen MR) is 87.3 cm³/mol. The number of nitrogens with zero attached hydrogens (tertiary/aromatic N) is 4. The molecule has 1 aromatic heterocycles. The first kappa shape index (κ1) is 16.8. The van der Waals surface area contributed by atoms with Crippen LogP contribution in [-0.2, 0) is 9.53 Å². The molecule has 0 radical (unpaired) electrons. The van der Waals surface area contributed by atoms with Gasteiger partial charge in [-0.3, -0.25) is 14.6 Å². The van der Waals surface area contributed by atoms with E-state index in [2.05, 4.69) is 9.97 Å². The molecule has 2 amide bonds. The minimum atomic E-state index is -0.187. The van der Waals surface area contributed by atoms with Crippen LogP contribution in [-0.4, -0.2) is 70.5 Å². The maximum atomic E-state index is 12.7. The van der Waals surface area contributed by atoms with Gasteiger partial charge in [-0.05, 0) is 25.7 Å². The second-order valence-corrected chi connectivity index (χ2v) is 6.31. The van der Waals surface area contributed by atoms with Gasteiger partial charge in [-0.15, -0.1) is 0 Å². The summed E-state index contributed by atoms with van der Waals surface area (Å²) >= 11 is 0. The molecular formula is C17H24N4O3. The average Bonchev–Trinajstić information content (AvgIpc) is 3.32. The topological polar surface area (TPSA) is 75.6 Å². The summed E-state index contributed by atoms with van der Waals surface area (Å²) in [6, 6.07) is 0. The molecule has 130 valence electrons. The lowest BCUT2D eigenvalue weighted by Gasteiger charge is -2.26. The van der Waals surface area contributed by atoms with E-state index in [0.717, 1.165) is 45.4 Å². The van der Waals surface area contributed by atoms with E-state index in [-0.39, 0.29) is 17.9 Å². The summed E-state index contributed by atoms with van der Waals surface area (Å²) in [5.74, 6) is -0.0652. The Kier molecular flexibility index (Phi) is 5.74. The Morgan fingerprint density at radius 2 is 2.08 bits per heavy atom. The molecule has 3 rings (SSSR count). The van der Waals surface area contributed by atoms with Crippen LogP contribution in [0, 0.1) is 0 Å². The number of aromatic nitrogens is 2. The van der Waals surface area contributed by atoms with Gasteiger partial charge in [-0.1, -0.05) is 0 Å². The Hall–Kier alpha value is -2.02. The third kappa shape index (κ3) is 4.29. The third-order valence-electron chi connectivity index (χ3n) is 4.57. The molecule has 7 heteroatoms. The summed E-state index contributed by atoms with van der Waals surface area (Å²) in [6.45, 7) is 3.31. The van der Waals surface area contributed by atoms with Gasteiger partial charge in [0.1, 0.15) is 5.69 Å². The molecule has 0 N–H and O–H groups in total. The molecule has 0 unspecified atom stereocenters. The molecule has 1 aromatic rings. The van der Waals surface area contributed by atoms with Crippen LogP contribution in [0.25, 0.3) is 0 Å². The van der Waals surface area contributed by atoms with Gasteiger partial charge in [0.25, 0.3) is 5.91 Å². The van der Waals surface area contributed by atoms with Gasteiger partial charge in [0.15, 0.2) is 0 Å². The van der Waals surface area contributed by atoms with E-state index < -0.39 is 0 Å². The monoisotopic (exact) mass is 332 g/mol. The number of likely N-dealkylation sites (tertiary alicyclic amines) is 1. The lowest BCUT2D eigenvalue weighted by atomic mass is 10.2. The van der Waals surface area contributed by atoms with E-state index in [1.165, 1.54) is 18.6 Å². The summed E-state index contributed by atoms with van der Waals surface area (Å²) in [5.41, 5.74) is 0.309. The largest absolute Gasteiger partial charge is 0.376 e. The minimum Gasteiger partial charge on any atom is -0.376 e. The molecule has 0 aromatic carbocycles. The molecule has 2 aliphatic heterocycles. The van der Waals surface area contributed by atoms with Crippen molar-refractivity contribution in [1.82, 2.24) is 19.8 Å². The van der Waals surface area contributed by atoms with Crippen LogP contribution in [0.2, 0.25) is 0 Å². The van der Waals surface area contributed by atoms with Crippen molar-refractivity contribution in [2.24, 2.45) is 0 Å². The highest BCUT2D eigenvalue weighted by Gasteiger charge is 2.26. The molecule has 7 nitrogen and oxygen atoms in total. The fraction of sp³-hybridized carbons (Fsp3) is 0.647. The second-order valence-electron chi connectivity index (χ2n) is 6.31. The lowest BCUT2D eigenvalue weighted by molar-refractivity contribution is -0.130. The van der Waals surface area contributed by atoms with Gasteiger partial charge in [-0.2, -0.15) is 0 Å². The summed E-state index contributed by atoms with van der Waals surface area (Å²) in [5, 5.41) is 0. The van der Waals surface area contributed by atoms with Crippen LogP contribution in [0.3, 0.4) is 0 Å². The first-order valence-electron chi connectivity index (χ1n) is 8.69. The van der Waals surface area contributed by atoms with Gasteiger partial charge >= 0.3 is 0 Å². The highest BCUT2D eigenvalue weighted by molar-refractivity contribution is 5.92. The van der Waals surface area contributed by atoms with Crippen molar-refractivity contribution in [3.63, 3.8) is 0 Å². The van der Waals surface area contributed by atoms with Crippen molar-refractivity contribution < 1.29 is 14.3 Å². The van der Waals surface area contributed by atoms with E-state index in [0.29, 0.717) is 25.2 Å². The van der Waals surface area contributed by atoms with E-state index in [1.807, 2.05) is 4.90 Å². The number of ether oxygens (including phenoxy) is 1. The quantitative estimate of drug-likeness (QED) is 0.780. The minimum absolute atomic E-state index is 0.0486. The van der Waals surface area contributed by atoms with Crippen LogP contribution in [0.5, 0.6) is 0 Å². The predicted octanol–water partition coefficient (Wildman–Crippen LogP) is 1.11. The van der Waals surface area contributed by atoms with Crippen LogP contribution >= 0.6 is 0 Å². The highest BCUT2D eigenvalue weighted by atomic mass is 16.5. The Morgan fingerprint density at radius 1 is 1.25 bits per heavy atom. The highest BCUT2D eigenvalue weighted by Crippen LogP contribution is 2.16. The summed E-state index contributed by atoms with van der Waals surface area (Å²) in [7, 11) is 0. The second kappa shape index (κ2) is 8.19. The molecule has 1 atom stereocenters. The smallest absolute Gasteiger partial charge is 0.274 e. The van der Waals surface area contributed by atoms with Gasteiger partial charge in [0, 0.05) is 51.6 Å². The zero-order valence-electron chi connectivity index (χ0n) is 13.9. The number of carbonyl (C=O) groups is 2. The van der Waals surface area contributed by atoms with Crippen LogP contribution in [0.4, 0.5) is 0 Å². The molecule has 2 aliphatic rings. The number of hydrogen-bond donors (Lipinski definition) is 0. The maximum Gasteiger partial charge on any atom is 0.274 e. The van der Waals surface area contributed by atoms with Crippen molar-refractivity contribution in [3.05, 3.63) is 24.3 Å². The zero-order chi connectivity index (χ0) is 16.8. The standard InChI is InChI=1S/C17H24N4O3/c22-16(20-8-1-2-9-20)5-10-21(13-14-4-3-11-24-14)17(23)15-12-18-6-7-19-15/h6-7,12,14H,1-5,8-11,13H2/t14-/m1/s1. The van der Waals surface area contributed by atoms with Crippen LogP contribution < -0.4 is 0 Å². The molecule has 0 spiro atoms. The van der Waals surface area contributed by atoms with Gasteiger partial charge in [0.05, 0.1) is 12.3 Å². The Morgan fingerprint density at radius 3 is 2.75 bits per heavy atom. The number of hydrogen-bond acceptors (Lipinski definition) is 5. The van der Waals surface area contributed by atoms with Crippen molar-refractivity contribution >= 4 is 11.8 Å². The van der Waals surface area contributed by atoms with Crippen molar-refractivity contribution in [1.29, 1.82) is 0 Å². The van der Waals surface area contributed by atoms with Gasteiger partial charge in [0.2, 0.25) is 5.91 Å². The molecule has 2 saturated heterocycles. The third-order valence-corrected chi connectivity index (χ3v) is 4.57. The van der Waals surface area contributed by atoms with Crippen molar-refractivity contribution in [2.45, 2.75) is 38.2 Å². The molecule has 24 heavy (non-hydrogen) atoms. The Bertz CT molecular complexity index is 554. The number of rotatable bonds is 6. The zero-order valence-corrected chi connectivity index (χ0v) is 13.9. The fourth-order valence-corrected chi connectivity index (χ4v) is 3.24. The Balaban J connectivity index is 1.62. The van der Waals surface area contributed by atoms with E-state index in [9.17, 15) is 9.59 Å².